The first-order valence-electron chi connectivity index (χ1n) is 9.68. The molecule has 29 heavy (non-hydrogen) atoms. The molecule has 6 nitrogen and oxygen atoms in total. The lowest BCUT2D eigenvalue weighted by molar-refractivity contribution is -0.125. The minimum absolute atomic E-state index is 0.146. The summed E-state index contributed by atoms with van der Waals surface area (Å²) < 4.78 is 32.9. The van der Waals surface area contributed by atoms with Crippen molar-refractivity contribution in [3.05, 3.63) is 59.1 Å². The predicted molar refractivity (Wildman–Crippen MR) is 112 cm³/mol. The molecule has 2 aromatic rings. The van der Waals surface area contributed by atoms with E-state index in [-0.39, 0.29) is 10.8 Å². The third-order valence-electron chi connectivity index (χ3n) is 4.88. The Hall–Kier alpha value is -2.09. The van der Waals surface area contributed by atoms with Gasteiger partial charge in [-0.15, -0.1) is 0 Å². The lowest BCUT2D eigenvalue weighted by Gasteiger charge is -2.33. The highest BCUT2D eigenvalue weighted by atomic mass is 35.5. The third-order valence-corrected chi connectivity index (χ3v) is 7.05. The quantitative estimate of drug-likeness (QED) is 0.719. The molecule has 156 valence electrons. The zero-order valence-electron chi connectivity index (χ0n) is 16.3. The molecular weight excluding hydrogens is 412 g/mol. The van der Waals surface area contributed by atoms with Gasteiger partial charge < -0.3 is 10.1 Å². The van der Waals surface area contributed by atoms with Crippen LogP contribution in [-0.2, 0) is 21.4 Å². The van der Waals surface area contributed by atoms with Gasteiger partial charge in [-0.25, -0.2) is 8.42 Å². The van der Waals surface area contributed by atoms with Gasteiger partial charge in [0.05, 0.1) is 11.5 Å². The Morgan fingerprint density at radius 3 is 2.48 bits per heavy atom. The molecule has 0 saturated carbocycles. The molecule has 1 unspecified atom stereocenters. The van der Waals surface area contributed by atoms with Crippen molar-refractivity contribution in [2.24, 2.45) is 0 Å². The van der Waals surface area contributed by atoms with E-state index in [1.807, 2.05) is 31.2 Å². The van der Waals surface area contributed by atoms with Crippen molar-refractivity contribution in [2.75, 3.05) is 13.2 Å². The van der Waals surface area contributed by atoms with E-state index in [9.17, 15) is 13.2 Å². The van der Waals surface area contributed by atoms with Crippen LogP contribution >= 0.6 is 11.6 Å². The lowest BCUT2D eigenvalue weighted by atomic mass is 10.0. The molecule has 1 saturated heterocycles. The summed E-state index contributed by atoms with van der Waals surface area (Å²) in [5.41, 5.74) is 0.921. The fourth-order valence-electron chi connectivity index (χ4n) is 3.37. The molecule has 1 atom stereocenters. The lowest BCUT2D eigenvalue weighted by Crippen LogP contribution is -2.51. The molecule has 3 rings (SSSR count). The first-order chi connectivity index (χ1) is 13.9. The van der Waals surface area contributed by atoms with Gasteiger partial charge in [0, 0.05) is 18.1 Å². The standard InChI is InChI=1S/C21H25ClN2O4S/c1-2-28-18-10-6-16(7-11-18)15-23-21(25)20-5-3-4-14-24(20)29(26,27)19-12-8-17(22)9-13-19/h6-13,20H,2-5,14-15H2,1H3,(H,23,25). The van der Waals surface area contributed by atoms with Gasteiger partial charge in [0.1, 0.15) is 11.8 Å². The van der Waals surface area contributed by atoms with Crippen LogP contribution < -0.4 is 10.1 Å². The molecule has 1 fully saturated rings. The highest BCUT2D eigenvalue weighted by Gasteiger charge is 2.37. The molecule has 0 bridgehead atoms. The highest BCUT2D eigenvalue weighted by Crippen LogP contribution is 2.26. The number of hydrogen-bond acceptors (Lipinski definition) is 4. The summed E-state index contributed by atoms with van der Waals surface area (Å²) >= 11 is 5.87. The maximum absolute atomic E-state index is 13.1. The van der Waals surface area contributed by atoms with Gasteiger partial charge in [-0.1, -0.05) is 30.2 Å². The van der Waals surface area contributed by atoms with E-state index in [0.29, 0.717) is 31.1 Å². The van der Waals surface area contributed by atoms with Crippen molar-refractivity contribution in [1.29, 1.82) is 0 Å². The number of rotatable bonds is 7. The Morgan fingerprint density at radius 1 is 1.14 bits per heavy atom. The maximum atomic E-state index is 13.1. The summed E-state index contributed by atoms with van der Waals surface area (Å²) in [6.45, 7) is 3.17. The van der Waals surface area contributed by atoms with Gasteiger partial charge in [0.2, 0.25) is 15.9 Å². The number of amides is 1. The minimum atomic E-state index is -3.77. The number of carbonyl (C=O) groups is 1. The number of hydrogen-bond donors (Lipinski definition) is 1. The fourth-order valence-corrected chi connectivity index (χ4v) is 5.16. The van der Waals surface area contributed by atoms with Crippen LogP contribution in [0.15, 0.2) is 53.4 Å². The Labute approximate surface area is 176 Å². The SMILES string of the molecule is CCOc1ccc(CNC(=O)C2CCCCN2S(=O)(=O)c2ccc(Cl)cc2)cc1. The molecule has 1 aliphatic heterocycles. The van der Waals surface area contributed by atoms with Crippen LogP contribution in [0.25, 0.3) is 0 Å². The number of carbonyl (C=O) groups excluding carboxylic acids is 1. The van der Waals surface area contributed by atoms with E-state index in [2.05, 4.69) is 5.32 Å². The summed E-state index contributed by atoms with van der Waals surface area (Å²) in [7, 11) is -3.77. The molecule has 0 aliphatic carbocycles. The van der Waals surface area contributed by atoms with E-state index in [1.54, 1.807) is 12.1 Å². The Morgan fingerprint density at radius 2 is 1.83 bits per heavy atom. The van der Waals surface area contributed by atoms with Gasteiger partial charge in [0.15, 0.2) is 0 Å². The second-order valence-corrected chi connectivity index (χ2v) is 9.20. The van der Waals surface area contributed by atoms with Gasteiger partial charge in [-0.05, 0) is 61.7 Å². The molecule has 1 aliphatic rings. The number of nitrogens with zero attached hydrogens (tertiary/aromatic N) is 1. The fraction of sp³-hybridized carbons (Fsp3) is 0.381. The molecule has 0 radical (unpaired) electrons. The number of nitrogens with one attached hydrogen (secondary N) is 1. The zero-order chi connectivity index (χ0) is 20.9. The summed E-state index contributed by atoms with van der Waals surface area (Å²) in [6.07, 6.45) is 2.05. The second kappa shape index (κ2) is 9.61. The molecule has 1 heterocycles. The summed E-state index contributed by atoms with van der Waals surface area (Å²) in [6, 6.07) is 12.8. The average Bonchev–Trinajstić information content (AvgIpc) is 2.73. The van der Waals surface area contributed by atoms with Crippen molar-refractivity contribution < 1.29 is 17.9 Å². The Kier molecular flexibility index (Phi) is 7.16. The van der Waals surface area contributed by atoms with Crippen LogP contribution in [0.1, 0.15) is 31.7 Å². The van der Waals surface area contributed by atoms with Crippen molar-refractivity contribution in [2.45, 2.75) is 43.7 Å². The molecule has 0 aromatic heterocycles. The average molecular weight is 437 g/mol. The number of benzene rings is 2. The van der Waals surface area contributed by atoms with E-state index >= 15 is 0 Å². The smallest absolute Gasteiger partial charge is 0.243 e. The summed E-state index contributed by atoms with van der Waals surface area (Å²) in [4.78, 5) is 13.0. The van der Waals surface area contributed by atoms with Crippen molar-refractivity contribution >= 4 is 27.5 Å². The highest BCUT2D eigenvalue weighted by molar-refractivity contribution is 7.89. The molecule has 1 amide bonds. The number of ether oxygens (including phenoxy) is 1. The normalized spacial score (nSPS) is 17.7. The number of sulfonamides is 1. The van der Waals surface area contributed by atoms with Crippen LogP contribution in [0, 0.1) is 0 Å². The van der Waals surface area contributed by atoms with Gasteiger partial charge in [0.25, 0.3) is 0 Å². The number of halogens is 1. The summed E-state index contributed by atoms with van der Waals surface area (Å²) in [5, 5.41) is 3.34. The van der Waals surface area contributed by atoms with Crippen molar-refractivity contribution in [3.63, 3.8) is 0 Å². The molecule has 2 aromatic carbocycles. The maximum Gasteiger partial charge on any atom is 0.243 e. The van der Waals surface area contributed by atoms with Crippen LogP contribution in [0.5, 0.6) is 5.75 Å². The first-order valence-corrected chi connectivity index (χ1v) is 11.5. The van der Waals surface area contributed by atoms with E-state index in [1.165, 1.54) is 16.4 Å². The van der Waals surface area contributed by atoms with E-state index in [4.69, 9.17) is 16.3 Å². The largest absolute Gasteiger partial charge is 0.494 e. The van der Waals surface area contributed by atoms with E-state index < -0.39 is 16.1 Å². The van der Waals surface area contributed by atoms with Crippen LogP contribution in [-0.4, -0.2) is 37.8 Å². The molecule has 8 heteroatoms. The van der Waals surface area contributed by atoms with Crippen LogP contribution in [0.3, 0.4) is 0 Å². The van der Waals surface area contributed by atoms with Crippen molar-refractivity contribution in [1.82, 2.24) is 9.62 Å². The Bertz CT molecular complexity index is 930. The summed E-state index contributed by atoms with van der Waals surface area (Å²) in [5.74, 6) is 0.492. The van der Waals surface area contributed by atoms with E-state index in [0.717, 1.165) is 24.2 Å². The first kappa shape index (κ1) is 21.6. The molecular formula is C21H25ClN2O4S. The van der Waals surface area contributed by atoms with Gasteiger partial charge in [-0.2, -0.15) is 4.31 Å². The van der Waals surface area contributed by atoms with Crippen LogP contribution in [0.4, 0.5) is 0 Å². The molecule has 0 spiro atoms. The monoisotopic (exact) mass is 436 g/mol. The zero-order valence-corrected chi connectivity index (χ0v) is 17.9. The Balaban J connectivity index is 1.70. The minimum Gasteiger partial charge on any atom is -0.494 e. The van der Waals surface area contributed by atoms with Crippen molar-refractivity contribution in [3.8, 4) is 5.75 Å². The van der Waals surface area contributed by atoms with Gasteiger partial charge >= 0.3 is 0 Å². The topological polar surface area (TPSA) is 75.7 Å². The second-order valence-electron chi connectivity index (χ2n) is 6.88. The predicted octanol–water partition coefficient (Wildman–Crippen LogP) is 3.60. The number of piperidine rings is 1. The van der Waals surface area contributed by atoms with Gasteiger partial charge in [-0.3, -0.25) is 4.79 Å². The third kappa shape index (κ3) is 5.29. The molecule has 1 N–H and O–H groups in total. The van der Waals surface area contributed by atoms with Crippen LogP contribution in [0.2, 0.25) is 5.02 Å².